The minimum atomic E-state index is -1.69. The van der Waals surface area contributed by atoms with Gasteiger partial charge in [-0.1, -0.05) is 94.2 Å². The molecule has 0 bridgehead atoms. The standard InChI is InChI=1S/C57H91N9O14/c1-18-34(9)47-49(70)58-30-42(67)62(13)45(32(5)6)50(71)59-39(28-37-23-25-38(79-17)26-24-37)57(78)80-36(11)52(73)66-27-21-20-22-40(66)53(74)63(14)46(33(7)8)51(72)60-44(31(3)4)55(76)61(12)41(29-43(68)69)54(75)65(16)48(35(10)19-2)56(77)64(47)15/h23-26,31-36,39-41,44-48H,18-22,27-30H2,1-17H3,(H,58,70)(H,59,71)(H,60,72)(H,68,69)/t34-,35-,36-,39-,40-,41-,44-,45-,46-,47-,48-/m0/s1. The van der Waals surface area contributed by atoms with Crippen molar-refractivity contribution in [3.8, 4) is 5.75 Å². The van der Waals surface area contributed by atoms with Crippen molar-refractivity contribution < 1.29 is 67.3 Å². The number of hydrogen-bond acceptors (Lipinski definition) is 13. The number of esters is 1. The van der Waals surface area contributed by atoms with Gasteiger partial charge >= 0.3 is 11.9 Å². The van der Waals surface area contributed by atoms with E-state index in [2.05, 4.69) is 16.0 Å². The normalized spacial score (nSPS) is 26.7. The monoisotopic (exact) mass is 1130 g/mol. The van der Waals surface area contributed by atoms with Crippen LogP contribution < -0.4 is 20.7 Å². The third kappa shape index (κ3) is 16.6. The molecule has 2 fully saturated rings. The first-order valence-corrected chi connectivity index (χ1v) is 27.9. The Hall–Kier alpha value is -6.81. The van der Waals surface area contributed by atoms with Crippen LogP contribution >= 0.6 is 0 Å². The topological polar surface area (TPSA) is 282 Å². The van der Waals surface area contributed by atoms with Crippen molar-refractivity contribution in [2.24, 2.45) is 29.6 Å². The quantitative estimate of drug-likeness (QED) is 0.219. The van der Waals surface area contributed by atoms with E-state index in [1.54, 1.807) is 86.6 Å². The molecular formula is C57H91N9O14. The average molecular weight is 1130 g/mol. The molecule has 0 saturated carbocycles. The number of carbonyl (C=O) groups is 11. The lowest BCUT2D eigenvalue weighted by Crippen LogP contribution is -2.63. The molecule has 0 unspecified atom stereocenters. The van der Waals surface area contributed by atoms with Crippen molar-refractivity contribution in [1.29, 1.82) is 0 Å². The lowest BCUT2D eigenvalue weighted by atomic mass is 9.92. The Labute approximate surface area is 472 Å². The summed E-state index contributed by atoms with van der Waals surface area (Å²) < 4.78 is 11.2. The van der Waals surface area contributed by atoms with Gasteiger partial charge in [-0.2, -0.15) is 0 Å². The van der Waals surface area contributed by atoms with E-state index in [4.69, 9.17) is 9.47 Å². The fraction of sp³-hybridized carbons (Fsp3) is 0.702. The number of rotatable bonds is 12. The summed E-state index contributed by atoms with van der Waals surface area (Å²) in [6.07, 6.45) is -0.488. The Morgan fingerprint density at radius 2 is 1.16 bits per heavy atom. The van der Waals surface area contributed by atoms with Gasteiger partial charge in [0.25, 0.3) is 5.91 Å². The van der Waals surface area contributed by atoms with E-state index in [9.17, 15) is 57.8 Å². The van der Waals surface area contributed by atoms with Gasteiger partial charge in [0.05, 0.1) is 20.1 Å². The minimum absolute atomic E-state index is 0.106. The number of carbonyl (C=O) groups excluding carboxylic acids is 10. The second-order valence-corrected chi connectivity index (χ2v) is 22.6. The van der Waals surface area contributed by atoms with Crippen molar-refractivity contribution in [1.82, 2.24) is 45.3 Å². The van der Waals surface area contributed by atoms with Gasteiger partial charge in [-0.05, 0) is 73.5 Å². The number of nitrogens with one attached hydrogen (secondary N) is 3. The van der Waals surface area contributed by atoms with Crippen LogP contribution in [-0.2, 0) is 63.9 Å². The number of nitrogens with zero attached hydrogens (tertiary/aromatic N) is 6. The lowest BCUT2D eigenvalue weighted by Gasteiger charge is -2.41. The van der Waals surface area contributed by atoms with Crippen molar-refractivity contribution in [3.05, 3.63) is 29.8 Å². The number of ether oxygens (including phenoxy) is 2. The smallest absolute Gasteiger partial charge is 0.329 e. The summed E-state index contributed by atoms with van der Waals surface area (Å²) in [6.45, 7) is 18.0. The van der Waals surface area contributed by atoms with Crippen molar-refractivity contribution in [3.63, 3.8) is 0 Å². The molecule has 3 rings (SSSR count). The second kappa shape index (κ2) is 30.1. The summed E-state index contributed by atoms with van der Waals surface area (Å²) in [5, 5.41) is 18.4. The van der Waals surface area contributed by atoms with Crippen LogP contribution in [0.4, 0.5) is 0 Å². The molecule has 2 aliphatic heterocycles. The Morgan fingerprint density at radius 1 is 0.637 bits per heavy atom. The first kappa shape index (κ1) is 67.5. The Balaban J connectivity index is 2.27. The molecule has 2 heterocycles. The first-order valence-electron chi connectivity index (χ1n) is 27.9. The number of fused-ring (bicyclic) bond motifs is 1. The molecule has 448 valence electrons. The molecule has 0 aliphatic carbocycles. The summed E-state index contributed by atoms with van der Waals surface area (Å²) in [6, 6.07) is -3.77. The number of carboxylic acid groups (broad SMARTS) is 1. The number of methoxy groups -OCH3 is 1. The third-order valence-corrected chi connectivity index (χ3v) is 15.8. The summed E-state index contributed by atoms with van der Waals surface area (Å²) >= 11 is 0. The highest BCUT2D eigenvalue weighted by Gasteiger charge is 2.46. The molecule has 1 aromatic rings. The van der Waals surface area contributed by atoms with Gasteiger partial charge in [0.2, 0.25) is 47.3 Å². The van der Waals surface area contributed by atoms with Crippen LogP contribution in [0.25, 0.3) is 0 Å². The maximum Gasteiger partial charge on any atom is 0.329 e. The maximum absolute atomic E-state index is 14.9. The highest BCUT2D eigenvalue weighted by Crippen LogP contribution is 2.26. The highest BCUT2D eigenvalue weighted by molar-refractivity contribution is 5.99. The van der Waals surface area contributed by atoms with Gasteiger partial charge in [0.1, 0.15) is 54.1 Å². The van der Waals surface area contributed by atoms with E-state index in [1.807, 2.05) is 6.92 Å². The number of hydrogen-bond donors (Lipinski definition) is 4. The fourth-order valence-corrected chi connectivity index (χ4v) is 10.7. The van der Waals surface area contributed by atoms with Crippen LogP contribution in [-0.4, -0.2) is 209 Å². The van der Waals surface area contributed by atoms with E-state index in [0.717, 1.165) is 14.7 Å². The number of piperidine rings is 1. The molecule has 0 radical (unpaired) electrons. The van der Waals surface area contributed by atoms with E-state index in [0.29, 0.717) is 37.0 Å². The Bertz CT molecular complexity index is 2380. The molecule has 9 amide bonds. The molecule has 4 N–H and O–H groups in total. The van der Waals surface area contributed by atoms with Crippen LogP contribution in [0.3, 0.4) is 0 Å². The van der Waals surface area contributed by atoms with Gasteiger partial charge in [0, 0.05) is 48.2 Å². The summed E-state index contributed by atoms with van der Waals surface area (Å²) in [5.74, 6) is -11.4. The van der Waals surface area contributed by atoms with Crippen molar-refractivity contribution >= 4 is 65.1 Å². The zero-order chi connectivity index (χ0) is 60.8. The SMILES string of the molecule is CC[C@H](C)[C@H]1C(=O)NCC(=O)N(C)[C@@H](C(C)C)C(=O)N[C@@H](Cc2ccc(OC)cc2)C(=O)O[C@@H](C)C(=O)N2CCCC[C@H]2C(=O)N(C)[C@@H](C(C)C)C(=O)N[C@@H](C(C)C)C(=O)N(C)[C@@H](CC(=O)O)C(=O)N(C)[C@@H]([C@@H](C)CC)C(=O)N1C. The molecular weight excluding hydrogens is 1030 g/mol. The average Bonchev–Trinajstić information content (AvgIpc) is 3.41. The zero-order valence-electron chi connectivity index (χ0n) is 50.2. The molecule has 23 nitrogen and oxygen atoms in total. The number of amides is 9. The number of cyclic esters (lactones) is 1. The van der Waals surface area contributed by atoms with Gasteiger partial charge < -0.3 is 59.9 Å². The summed E-state index contributed by atoms with van der Waals surface area (Å²) in [5.41, 5.74) is 0.581. The third-order valence-electron chi connectivity index (χ3n) is 15.8. The molecule has 0 aromatic heterocycles. The Kier molecular flexibility index (Phi) is 25.4. The molecule has 2 saturated heterocycles. The second-order valence-electron chi connectivity index (χ2n) is 22.6. The number of carboxylic acids is 1. The van der Waals surface area contributed by atoms with E-state index in [1.165, 1.54) is 64.0 Å². The lowest BCUT2D eigenvalue weighted by molar-refractivity contribution is -0.165. The minimum Gasteiger partial charge on any atom is -0.497 e. The van der Waals surface area contributed by atoms with Gasteiger partial charge in [-0.15, -0.1) is 0 Å². The van der Waals surface area contributed by atoms with Crippen LogP contribution in [0, 0.1) is 29.6 Å². The predicted molar refractivity (Wildman–Crippen MR) is 297 cm³/mol. The Morgan fingerprint density at radius 3 is 1.69 bits per heavy atom. The fourth-order valence-electron chi connectivity index (χ4n) is 10.7. The van der Waals surface area contributed by atoms with Crippen LogP contribution in [0.5, 0.6) is 5.75 Å². The number of benzene rings is 1. The van der Waals surface area contributed by atoms with Crippen LogP contribution in [0.2, 0.25) is 0 Å². The summed E-state index contributed by atoms with van der Waals surface area (Å²) in [7, 11) is 8.24. The molecule has 11 atom stereocenters. The first-order chi connectivity index (χ1) is 37.4. The van der Waals surface area contributed by atoms with Crippen LogP contribution in [0.15, 0.2) is 24.3 Å². The maximum atomic E-state index is 14.9. The zero-order valence-corrected chi connectivity index (χ0v) is 50.2. The van der Waals surface area contributed by atoms with Crippen LogP contribution in [0.1, 0.15) is 120 Å². The molecule has 23 heteroatoms. The molecule has 1 aromatic carbocycles. The molecule has 2 aliphatic rings. The van der Waals surface area contributed by atoms with E-state index >= 15 is 0 Å². The van der Waals surface area contributed by atoms with Gasteiger partial charge in [-0.25, -0.2) is 4.79 Å². The molecule has 80 heavy (non-hydrogen) atoms. The largest absolute Gasteiger partial charge is 0.497 e. The molecule has 0 spiro atoms. The van der Waals surface area contributed by atoms with Crippen molar-refractivity contribution in [2.75, 3.05) is 55.4 Å². The number of likely N-dealkylation sites (N-methyl/N-ethyl adjacent to an activating group) is 5. The summed E-state index contributed by atoms with van der Waals surface area (Å²) in [4.78, 5) is 165. The predicted octanol–water partition coefficient (Wildman–Crippen LogP) is 2.32. The van der Waals surface area contributed by atoms with Gasteiger partial charge in [-0.3, -0.25) is 47.9 Å². The number of aliphatic carboxylic acids is 1. The highest BCUT2D eigenvalue weighted by atomic mass is 16.5. The van der Waals surface area contributed by atoms with Gasteiger partial charge in [0.15, 0.2) is 6.10 Å². The van der Waals surface area contributed by atoms with Crippen molar-refractivity contribution in [2.45, 2.75) is 176 Å². The van der Waals surface area contributed by atoms with E-state index < -0.39 is 162 Å². The van der Waals surface area contributed by atoms with E-state index in [-0.39, 0.29) is 19.4 Å².